The van der Waals surface area contributed by atoms with Gasteiger partial charge in [0.2, 0.25) is 5.91 Å². The quantitative estimate of drug-likeness (QED) is 0.236. The maximum atomic E-state index is 13.1. The number of nitrogens with zero attached hydrogens (tertiary/aromatic N) is 5. The largest absolute Gasteiger partial charge is 0.468 e. The lowest BCUT2D eigenvalue weighted by molar-refractivity contribution is -0.655. The second-order valence-corrected chi connectivity index (χ2v) is 16.9. The molecule has 0 radical (unpaired) electrons. The van der Waals surface area contributed by atoms with Crippen LogP contribution in [0.2, 0.25) is 0 Å². The summed E-state index contributed by atoms with van der Waals surface area (Å²) >= 11 is 1.74. The SMILES string of the molecule is COC(=O)[C@@H]1CCCN(C(=O)CCC2=NC(c3cc4c5c(c3)c(CC(C)(C)CO)c(-c3cc(N6CC[NH2+]CC6)cnc3[C@H](C)OC)n5CCC4)CS2)N1. The Kier molecular flexibility index (Phi) is 11.5. The summed E-state index contributed by atoms with van der Waals surface area (Å²) < 4.78 is 13.3. The molecule has 1 unspecified atom stereocenters. The number of thioether (sulfide) groups is 1. The van der Waals surface area contributed by atoms with E-state index in [1.165, 1.54) is 40.4 Å². The number of amides is 1. The number of hydrazine groups is 1. The minimum absolute atomic E-state index is 0.0000254. The summed E-state index contributed by atoms with van der Waals surface area (Å²) in [7, 11) is 3.12. The number of carbonyl (C=O) groups excluding carboxylic acids is 2. The zero-order valence-corrected chi connectivity index (χ0v) is 32.8. The van der Waals surface area contributed by atoms with E-state index in [0.717, 1.165) is 79.7 Å². The number of rotatable bonds is 12. The molecule has 3 aromatic rings. The average molecular weight is 747 g/mol. The van der Waals surface area contributed by atoms with Gasteiger partial charge in [-0.05, 0) is 73.3 Å². The molecule has 2 fully saturated rings. The van der Waals surface area contributed by atoms with Gasteiger partial charge in [-0.25, -0.2) is 5.43 Å². The third kappa shape index (κ3) is 7.86. The number of nitrogens with one attached hydrogen (secondary N) is 1. The van der Waals surface area contributed by atoms with Gasteiger partial charge in [-0.3, -0.25) is 24.6 Å². The Morgan fingerprint density at radius 2 is 1.94 bits per heavy atom. The average Bonchev–Trinajstić information content (AvgIpc) is 3.79. The summed E-state index contributed by atoms with van der Waals surface area (Å²) in [6.45, 7) is 12.1. The van der Waals surface area contributed by atoms with Crippen molar-refractivity contribution in [3.63, 3.8) is 0 Å². The number of carbonyl (C=O) groups is 2. The molecule has 0 spiro atoms. The van der Waals surface area contributed by atoms with Gasteiger partial charge >= 0.3 is 5.97 Å². The lowest BCUT2D eigenvalue weighted by Crippen LogP contribution is -2.89. The van der Waals surface area contributed by atoms with Crippen molar-refractivity contribution in [2.24, 2.45) is 10.4 Å². The highest BCUT2D eigenvalue weighted by Crippen LogP contribution is 2.45. The maximum Gasteiger partial charge on any atom is 0.324 e. The zero-order chi connectivity index (χ0) is 37.3. The number of hydrogen-bond donors (Lipinski definition) is 3. The molecular weight excluding hydrogens is 691 g/mol. The Morgan fingerprint density at radius 3 is 2.70 bits per heavy atom. The van der Waals surface area contributed by atoms with Crippen molar-refractivity contribution in [2.45, 2.75) is 90.4 Å². The number of nitrogens with two attached hydrogens (primary N) is 1. The Hall–Kier alpha value is -3.49. The van der Waals surface area contributed by atoms with E-state index >= 15 is 0 Å². The standard InChI is InChI=1S/C40H55N7O5S/c1-25(51-4)36-30(20-28(22-42-36)45-16-12-41-13-17-45)38-31(21-40(2,3)24-48)29-19-27(18-26-8-6-14-46(38)37(26)29)33-23-53-34(43-33)10-11-35(49)47-15-7-9-32(44-47)39(50)52-5/h18-20,22,25,32-33,41,44,48H,6-17,21,23-24H2,1-5H3/p+1/t25-,32-,33?/m0/s1. The number of aliphatic hydroxyl groups is 1. The van der Waals surface area contributed by atoms with Gasteiger partial charge in [-0.2, -0.15) is 0 Å². The molecule has 12 nitrogen and oxygen atoms in total. The number of aliphatic imine (C=N–C) groups is 1. The Morgan fingerprint density at radius 1 is 1.13 bits per heavy atom. The molecule has 0 aliphatic carbocycles. The Balaban J connectivity index is 1.24. The number of anilines is 1. The fourth-order valence-corrected chi connectivity index (χ4v) is 9.42. The van der Waals surface area contributed by atoms with Crippen LogP contribution in [0.4, 0.5) is 5.69 Å². The van der Waals surface area contributed by atoms with Crippen molar-refractivity contribution in [1.82, 2.24) is 20.0 Å². The molecule has 4 N–H and O–H groups in total. The predicted octanol–water partition coefficient (Wildman–Crippen LogP) is 3.94. The molecule has 2 saturated heterocycles. The Bertz CT molecular complexity index is 1870. The summed E-state index contributed by atoms with van der Waals surface area (Å²) in [6, 6.07) is 6.58. The number of piperazine rings is 1. The van der Waals surface area contributed by atoms with E-state index in [2.05, 4.69) is 59.2 Å². The maximum absolute atomic E-state index is 13.1. The van der Waals surface area contributed by atoms with Crippen LogP contribution in [-0.2, 0) is 38.4 Å². The van der Waals surface area contributed by atoms with Crippen molar-refractivity contribution >= 4 is 45.3 Å². The number of aryl methyl sites for hydroxylation is 2. The van der Waals surface area contributed by atoms with E-state index in [0.29, 0.717) is 32.2 Å². The molecule has 0 bridgehead atoms. The van der Waals surface area contributed by atoms with E-state index in [1.807, 2.05) is 6.20 Å². The number of esters is 1. The lowest BCUT2D eigenvalue weighted by Gasteiger charge is -2.32. The van der Waals surface area contributed by atoms with Crippen LogP contribution in [0.3, 0.4) is 0 Å². The molecule has 6 heterocycles. The van der Waals surface area contributed by atoms with Crippen LogP contribution in [0.5, 0.6) is 0 Å². The number of aliphatic hydroxyl groups excluding tert-OH is 1. The van der Waals surface area contributed by atoms with Gasteiger partial charge in [0.15, 0.2) is 0 Å². The molecule has 2 aromatic heterocycles. The topological polar surface area (TPSA) is 138 Å². The summed E-state index contributed by atoms with van der Waals surface area (Å²) in [6.07, 6.45) is 6.91. The zero-order valence-electron chi connectivity index (χ0n) is 31.9. The minimum atomic E-state index is -0.483. The highest BCUT2D eigenvalue weighted by Gasteiger charge is 2.33. The molecule has 1 amide bonds. The monoisotopic (exact) mass is 746 g/mol. The predicted molar refractivity (Wildman–Crippen MR) is 209 cm³/mol. The van der Waals surface area contributed by atoms with E-state index in [4.69, 9.17) is 19.5 Å². The van der Waals surface area contributed by atoms with Crippen LogP contribution < -0.4 is 15.6 Å². The van der Waals surface area contributed by atoms with Gasteiger partial charge in [-0.15, -0.1) is 11.8 Å². The highest BCUT2D eigenvalue weighted by molar-refractivity contribution is 8.14. The van der Waals surface area contributed by atoms with Gasteiger partial charge < -0.3 is 29.4 Å². The van der Waals surface area contributed by atoms with Crippen LogP contribution >= 0.6 is 11.8 Å². The number of methoxy groups -OCH3 is 2. The number of pyridine rings is 1. The third-order valence-electron chi connectivity index (χ3n) is 11.4. The van der Waals surface area contributed by atoms with Crippen molar-refractivity contribution < 1.29 is 29.5 Å². The van der Waals surface area contributed by atoms with Crippen LogP contribution in [0.25, 0.3) is 22.2 Å². The Labute approximate surface area is 317 Å². The van der Waals surface area contributed by atoms with Crippen LogP contribution in [0, 0.1) is 5.41 Å². The number of ether oxygens (including phenoxy) is 2. The van der Waals surface area contributed by atoms with E-state index in [9.17, 15) is 14.7 Å². The minimum Gasteiger partial charge on any atom is -0.468 e. The first-order valence-electron chi connectivity index (χ1n) is 19.3. The molecule has 53 heavy (non-hydrogen) atoms. The summed E-state index contributed by atoms with van der Waals surface area (Å²) in [5.41, 5.74) is 12.2. The smallest absolute Gasteiger partial charge is 0.324 e. The highest BCUT2D eigenvalue weighted by atomic mass is 32.2. The number of hydrogen-bond acceptors (Lipinski definition) is 10. The van der Waals surface area contributed by atoms with Crippen molar-refractivity contribution in [3.8, 4) is 11.3 Å². The van der Waals surface area contributed by atoms with Gasteiger partial charge in [-0.1, -0.05) is 19.9 Å². The molecule has 1 aromatic carbocycles. The third-order valence-corrected chi connectivity index (χ3v) is 12.5. The fraction of sp³-hybridized carbons (Fsp3) is 0.600. The van der Waals surface area contributed by atoms with Crippen molar-refractivity contribution in [2.75, 3.05) is 64.2 Å². The number of benzene rings is 1. The van der Waals surface area contributed by atoms with Gasteiger partial charge in [0, 0.05) is 56.4 Å². The van der Waals surface area contributed by atoms with Crippen LogP contribution in [-0.4, -0.2) is 102 Å². The van der Waals surface area contributed by atoms with Crippen LogP contribution in [0.1, 0.15) is 87.4 Å². The molecule has 4 aliphatic rings. The molecule has 13 heteroatoms. The first-order valence-corrected chi connectivity index (χ1v) is 20.3. The molecule has 4 aliphatic heterocycles. The van der Waals surface area contributed by atoms with E-state index in [1.54, 1.807) is 23.9 Å². The second kappa shape index (κ2) is 16.1. The number of aromatic nitrogens is 2. The summed E-state index contributed by atoms with van der Waals surface area (Å²) in [4.78, 5) is 37.9. The molecule has 7 rings (SSSR count). The van der Waals surface area contributed by atoms with Gasteiger partial charge in [0.05, 0.1) is 79.3 Å². The molecular formula is C40H56N7O5S+. The molecule has 286 valence electrons. The first kappa shape index (κ1) is 37.8. The molecule has 0 saturated carbocycles. The summed E-state index contributed by atoms with van der Waals surface area (Å²) in [5, 5.41) is 16.8. The van der Waals surface area contributed by atoms with Crippen LogP contribution in [0.15, 0.2) is 29.4 Å². The van der Waals surface area contributed by atoms with Gasteiger partial charge in [0.25, 0.3) is 0 Å². The molecule has 3 atom stereocenters. The van der Waals surface area contributed by atoms with Crippen molar-refractivity contribution in [3.05, 3.63) is 46.8 Å². The number of quaternary nitrogens is 1. The van der Waals surface area contributed by atoms with E-state index < -0.39 is 6.04 Å². The normalized spacial score (nSPS) is 21.2. The van der Waals surface area contributed by atoms with Gasteiger partial charge in [0.1, 0.15) is 6.04 Å². The lowest BCUT2D eigenvalue weighted by atomic mass is 9.84. The first-order chi connectivity index (χ1) is 25.6. The van der Waals surface area contributed by atoms with E-state index in [-0.39, 0.29) is 36.0 Å². The van der Waals surface area contributed by atoms with Crippen molar-refractivity contribution in [1.29, 1.82) is 0 Å². The fourth-order valence-electron chi connectivity index (χ4n) is 8.36. The second-order valence-electron chi connectivity index (χ2n) is 15.8. The summed E-state index contributed by atoms with van der Waals surface area (Å²) in [5.74, 6) is 0.468.